The van der Waals surface area contributed by atoms with Gasteiger partial charge in [-0.25, -0.2) is 9.97 Å². The van der Waals surface area contributed by atoms with Crippen LogP contribution in [0.25, 0.3) is 10.2 Å². The first-order valence-electron chi connectivity index (χ1n) is 7.86. The molecule has 2 aromatic carbocycles. The maximum Gasteiger partial charge on any atom is 0.151 e. The number of thioether (sulfide) groups is 1. The van der Waals surface area contributed by atoms with Crippen molar-refractivity contribution in [2.75, 3.05) is 7.11 Å². The Morgan fingerprint density at radius 3 is 3.00 bits per heavy atom. The highest BCUT2D eigenvalue weighted by molar-refractivity contribution is 8.00. The van der Waals surface area contributed by atoms with Gasteiger partial charge in [0.25, 0.3) is 0 Å². The molecule has 2 heterocycles. The highest BCUT2D eigenvalue weighted by Crippen LogP contribution is 2.33. The largest absolute Gasteiger partial charge is 0.496 e. The molecule has 0 fully saturated rings. The zero-order chi connectivity index (χ0) is 17.8. The highest BCUT2D eigenvalue weighted by atomic mass is 32.2. The Morgan fingerprint density at radius 1 is 1.27 bits per heavy atom. The molecular formula is C18H15N5OS2. The molecule has 4 aromatic rings. The predicted octanol–water partition coefficient (Wildman–Crippen LogP) is 4.07. The van der Waals surface area contributed by atoms with Crippen molar-refractivity contribution in [1.29, 1.82) is 0 Å². The second-order valence-corrected chi connectivity index (χ2v) is 7.62. The van der Waals surface area contributed by atoms with E-state index in [9.17, 15) is 0 Å². The summed E-state index contributed by atoms with van der Waals surface area (Å²) in [7, 11) is 1.68. The van der Waals surface area contributed by atoms with E-state index in [1.165, 1.54) is 15.8 Å². The molecule has 2 aromatic heterocycles. The fourth-order valence-electron chi connectivity index (χ4n) is 2.43. The molecule has 6 nitrogen and oxygen atoms in total. The van der Waals surface area contributed by atoms with Gasteiger partial charge in [0.2, 0.25) is 0 Å². The summed E-state index contributed by atoms with van der Waals surface area (Å²) in [6.45, 7) is 0. The second-order valence-electron chi connectivity index (χ2n) is 5.37. The van der Waals surface area contributed by atoms with Crippen molar-refractivity contribution in [3.05, 3.63) is 66.2 Å². The van der Waals surface area contributed by atoms with Crippen LogP contribution in [0.2, 0.25) is 0 Å². The minimum atomic E-state index is 0.772. The lowest BCUT2D eigenvalue weighted by molar-refractivity contribution is 0.411. The fourth-order valence-corrected chi connectivity index (χ4v) is 4.48. The van der Waals surface area contributed by atoms with Crippen LogP contribution in [0.5, 0.6) is 5.75 Å². The number of methoxy groups -OCH3 is 1. The topological polar surface area (TPSA) is 65.2 Å². The van der Waals surface area contributed by atoms with Crippen LogP contribution in [-0.4, -0.2) is 33.2 Å². The SMILES string of the molecule is COc1ccc(C=Nn2cncn2)cc1CSc1nc2ccccc2s1. The smallest absolute Gasteiger partial charge is 0.151 e. The van der Waals surface area contributed by atoms with Crippen molar-refractivity contribution < 1.29 is 4.74 Å². The summed E-state index contributed by atoms with van der Waals surface area (Å²) >= 11 is 3.42. The molecule has 0 aliphatic heterocycles. The van der Waals surface area contributed by atoms with Crippen molar-refractivity contribution in [1.82, 2.24) is 19.9 Å². The molecule has 0 unspecified atom stereocenters. The number of rotatable bonds is 6. The maximum absolute atomic E-state index is 5.50. The predicted molar refractivity (Wildman–Crippen MR) is 105 cm³/mol. The number of fused-ring (bicyclic) bond motifs is 1. The summed E-state index contributed by atoms with van der Waals surface area (Å²) in [5, 5.41) is 8.20. The van der Waals surface area contributed by atoms with E-state index in [0.717, 1.165) is 32.5 Å². The van der Waals surface area contributed by atoms with Crippen LogP contribution < -0.4 is 4.74 Å². The zero-order valence-corrected chi connectivity index (χ0v) is 15.6. The molecule has 0 amide bonds. The molecule has 0 radical (unpaired) electrons. The van der Waals surface area contributed by atoms with E-state index >= 15 is 0 Å². The molecule has 8 heteroatoms. The first-order chi connectivity index (χ1) is 12.8. The molecule has 0 N–H and O–H groups in total. The van der Waals surface area contributed by atoms with Crippen molar-refractivity contribution in [3.63, 3.8) is 0 Å². The minimum absolute atomic E-state index is 0.772. The Balaban J connectivity index is 1.53. The minimum Gasteiger partial charge on any atom is -0.496 e. The Labute approximate surface area is 158 Å². The summed E-state index contributed by atoms with van der Waals surface area (Å²) in [6.07, 6.45) is 4.75. The molecule has 0 bridgehead atoms. The Hall–Kier alpha value is -2.71. The molecule has 0 atom stereocenters. The van der Waals surface area contributed by atoms with Gasteiger partial charge < -0.3 is 4.74 Å². The van der Waals surface area contributed by atoms with Crippen molar-refractivity contribution in [2.45, 2.75) is 10.1 Å². The number of ether oxygens (including phenoxy) is 1. The standard InChI is InChI=1S/C18H15N5OS2/c1-24-16-7-6-13(9-20-23-12-19-11-21-23)8-14(16)10-25-18-22-15-4-2-3-5-17(15)26-18/h2-9,11-12H,10H2,1H3. The third kappa shape index (κ3) is 3.76. The second kappa shape index (κ2) is 7.67. The molecule has 26 heavy (non-hydrogen) atoms. The summed E-state index contributed by atoms with van der Waals surface area (Å²) < 4.78 is 7.75. The first-order valence-corrected chi connectivity index (χ1v) is 9.66. The van der Waals surface area contributed by atoms with Gasteiger partial charge in [-0.15, -0.1) is 21.2 Å². The Bertz CT molecular complexity index is 1010. The maximum atomic E-state index is 5.50. The summed E-state index contributed by atoms with van der Waals surface area (Å²) in [5.74, 6) is 1.63. The third-order valence-electron chi connectivity index (χ3n) is 3.66. The molecule has 0 saturated carbocycles. The number of benzene rings is 2. The summed E-state index contributed by atoms with van der Waals surface area (Å²) in [5.41, 5.74) is 3.11. The van der Waals surface area contributed by atoms with Gasteiger partial charge in [-0.1, -0.05) is 23.9 Å². The van der Waals surface area contributed by atoms with Crippen LogP contribution in [0.1, 0.15) is 11.1 Å². The van der Waals surface area contributed by atoms with Crippen LogP contribution in [0.3, 0.4) is 0 Å². The quantitative estimate of drug-likeness (QED) is 0.372. The van der Waals surface area contributed by atoms with E-state index in [4.69, 9.17) is 4.74 Å². The lowest BCUT2D eigenvalue weighted by Crippen LogP contribution is -1.95. The summed E-state index contributed by atoms with van der Waals surface area (Å²) in [6, 6.07) is 14.2. The highest BCUT2D eigenvalue weighted by Gasteiger charge is 2.08. The van der Waals surface area contributed by atoms with Crippen molar-refractivity contribution in [2.24, 2.45) is 5.10 Å². The van der Waals surface area contributed by atoms with Gasteiger partial charge in [0.05, 0.1) is 23.5 Å². The van der Waals surface area contributed by atoms with E-state index in [1.54, 1.807) is 42.8 Å². The van der Waals surface area contributed by atoms with Gasteiger partial charge in [0, 0.05) is 11.3 Å². The Morgan fingerprint density at radius 2 is 2.19 bits per heavy atom. The lowest BCUT2D eigenvalue weighted by Gasteiger charge is -2.08. The van der Waals surface area contributed by atoms with Crippen LogP contribution in [0.15, 0.2) is 64.6 Å². The lowest BCUT2D eigenvalue weighted by atomic mass is 10.1. The number of para-hydroxylation sites is 1. The van der Waals surface area contributed by atoms with Crippen LogP contribution in [0.4, 0.5) is 0 Å². The molecule has 0 spiro atoms. The average Bonchev–Trinajstić information content (AvgIpc) is 3.33. The van der Waals surface area contributed by atoms with E-state index in [0.29, 0.717) is 0 Å². The first kappa shape index (κ1) is 16.7. The molecule has 0 aliphatic carbocycles. The zero-order valence-electron chi connectivity index (χ0n) is 13.9. The van der Waals surface area contributed by atoms with E-state index in [-0.39, 0.29) is 0 Å². The van der Waals surface area contributed by atoms with Crippen molar-refractivity contribution in [3.8, 4) is 5.75 Å². The van der Waals surface area contributed by atoms with Gasteiger partial charge in [-0.2, -0.15) is 5.10 Å². The van der Waals surface area contributed by atoms with Gasteiger partial charge in [-0.05, 0) is 35.9 Å². The number of hydrogen-bond donors (Lipinski definition) is 0. The van der Waals surface area contributed by atoms with E-state index < -0.39 is 0 Å². The summed E-state index contributed by atoms with van der Waals surface area (Å²) in [4.78, 5) is 9.96. The van der Waals surface area contributed by atoms with Crippen LogP contribution in [0, 0.1) is 0 Å². The molecular weight excluding hydrogens is 366 g/mol. The molecule has 0 saturated heterocycles. The van der Waals surface area contributed by atoms with Gasteiger partial charge in [0.1, 0.15) is 18.4 Å². The number of hydrogen-bond acceptors (Lipinski definition) is 7. The van der Waals surface area contributed by atoms with Gasteiger partial charge in [0.15, 0.2) is 4.34 Å². The number of nitrogens with zero attached hydrogens (tertiary/aromatic N) is 5. The Kier molecular flexibility index (Phi) is 4.94. The van der Waals surface area contributed by atoms with Gasteiger partial charge in [-0.3, -0.25) is 0 Å². The average molecular weight is 381 g/mol. The van der Waals surface area contributed by atoms with Gasteiger partial charge >= 0.3 is 0 Å². The molecule has 130 valence electrons. The van der Waals surface area contributed by atoms with Crippen molar-refractivity contribution >= 4 is 39.5 Å². The molecule has 0 aliphatic rings. The monoisotopic (exact) mass is 381 g/mol. The molecule has 4 rings (SSSR count). The number of aromatic nitrogens is 4. The third-order valence-corrected chi connectivity index (χ3v) is 5.89. The van der Waals surface area contributed by atoms with Crippen LogP contribution >= 0.6 is 23.1 Å². The number of thiazole rings is 1. The normalized spacial score (nSPS) is 11.4. The van der Waals surface area contributed by atoms with Crippen LogP contribution in [-0.2, 0) is 5.75 Å². The van der Waals surface area contributed by atoms with E-state index in [2.05, 4.69) is 32.3 Å². The fraction of sp³-hybridized carbons (Fsp3) is 0.111. The van der Waals surface area contributed by atoms with E-state index in [1.807, 2.05) is 30.3 Å².